The van der Waals surface area contributed by atoms with Gasteiger partial charge in [-0.3, -0.25) is 0 Å². The molecule has 4 aromatic carbocycles. The maximum absolute atomic E-state index is 13.8. The minimum Gasteiger partial charge on any atom is -0.482 e. The van der Waals surface area contributed by atoms with Crippen LogP contribution in [0.15, 0.2) is 97.1 Å². The third-order valence-corrected chi connectivity index (χ3v) is 9.59. The Kier molecular flexibility index (Phi) is 8.43. The van der Waals surface area contributed by atoms with Gasteiger partial charge in [-0.15, -0.1) is 0 Å². The van der Waals surface area contributed by atoms with Crippen molar-refractivity contribution in [3.8, 4) is 5.75 Å². The second kappa shape index (κ2) is 12.4. The molecular formula is C37H40NO6+. The van der Waals surface area contributed by atoms with Gasteiger partial charge in [0, 0.05) is 31.2 Å². The molecule has 4 atom stereocenters. The van der Waals surface area contributed by atoms with Gasteiger partial charge in [-0.1, -0.05) is 78.9 Å². The van der Waals surface area contributed by atoms with E-state index in [0.717, 1.165) is 47.5 Å². The molecule has 0 aliphatic carbocycles. The molecule has 4 aromatic rings. The zero-order valence-corrected chi connectivity index (χ0v) is 25.4. The molecule has 7 nitrogen and oxygen atoms in total. The topological polar surface area (TPSA) is 82.1 Å². The highest BCUT2D eigenvalue weighted by atomic mass is 16.6. The first-order valence-electron chi connectivity index (χ1n) is 15.5. The van der Waals surface area contributed by atoms with Gasteiger partial charge in [0.05, 0.1) is 25.7 Å². The fourth-order valence-electron chi connectivity index (χ4n) is 7.25. The standard InChI is InChI=1S/C37H40NO6/c1-3-42-35(39)25-43-33-19-16-27-20-26(14-15-28(27)21-33)24-38(2)31-17-18-32(38)23-34(22-31)44-36(40)37(41,29-10-6-4-7-11-29)30-12-8-5-9-13-30/h4-16,19-21,31-32,34,41H,3,17-18,22-25H2,1-2H3/q+1/t31-,32+,34?,38?. The van der Waals surface area contributed by atoms with E-state index in [1.165, 1.54) is 5.56 Å². The maximum atomic E-state index is 13.8. The molecule has 2 aliphatic rings. The molecule has 0 saturated carbocycles. The first-order chi connectivity index (χ1) is 21.3. The van der Waals surface area contributed by atoms with Crippen LogP contribution in [0.4, 0.5) is 0 Å². The Bertz CT molecular complexity index is 1570. The summed E-state index contributed by atoms with van der Waals surface area (Å²) in [6.07, 6.45) is 3.48. The van der Waals surface area contributed by atoms with E-state index in [1.54, 1.807) is 31.2 Å². The number of esters is 2. The summed E-state index contributed by atoms with van der Waals surface area (Å²) < 4.78 is 17.6. The van der Waals surface area contributed by atoms with E-state index in [-0.39, 0.29) is 18.7 Å². The largest absolute Gasteiger partial charge is 0.482 e. The average molecular weight is 595 g/mol. The van der Waals surface area contributed by atoms with Gasteiger partial charge >= 0.3 is 11.9 Å². The smallest absolute Gasteiger partial charge is 0.347 e. The molecule has 2 unspecified atom stereocenters. The first kappa shape index (κ1) is 29.9. The van der Waals surface area contributed by atoms with Crippen molar-refractivity contribution in [3.63, 3.8) is 0 Å². The van der Waals surface area contributed by atoms with Crippen LogP contribution in [0.5, 0.6) is 5.75 Å². The number of carbonyl (C=O) groups is 2. The lowest BCUT2D eigenvalue weighted by molar-refractivity contribution is -0.961. The van der Waals surface area contributed by atoms with Crippen molar-refractivity contribution >= 4 is 22.7 Å². The highest BCUT2D eigenvalue weighted by Crippen LogP contribution is 2.44. The number of quaternary nitrogens is 1. The summed E-state index contributed by atoms with van der Waals surface area (Å²) in [5.74, 6) is -0.356. The lowest BCUT2D eigenvalue weighted by atomic mass is 9.86. The predicted molar refractivity (Wildman–Crippen MR) is 168 cm³/mol. The van der Waals surface area contributed by atoms with Crippen molar-refractivity contribution in [2.45, 2.75) is 62.9 Å². The molecule has 0 spiro atoms. The second-order valence-corrected chi connectivity index (χ2v) is 12.3. The van der Waals surface area contributed by atoms with Gasteiger partial charge in [0.1, 0.15) is 18.4 Å². The number of ether oxygens (including phenoxy) is 3. The Balaban J connectivity index is 1.14. The molecule has 0 aromatic heterocycles. The van der Waals surface area contributed by atoms with Crippen molar-refractivity contribution in [1.82, 2.24) is 0 Å². The fourth-order valence-corrected chi connectivity index (χ4v) is 7.25. The van der Waals surface area contributed by atoms with Crippen LogP contribution < -0.4 is 4.74 Å². The van der Waals surface area contributed by atoms with Gasteiger partial charge in [-0.05, 0) is 47.0 Å². The summed E-state index contributed by atoms with van der Waals surface area (Å²) in [6, 6.07) is 31.2. The van der Waals surface area contributed by atoms with Gasteiger partial charge in [-0.25, -0.2) is 9.59 Å². The van der Waals surface area contributed by atoms with Crippen LogP contribution >= 0.6 is 0 Å². The van der Waals surface area contributed by atoms with E-state index < -0.39 is 11.6 Å². The Morgan fingerprint density at radius 2 is 1.43 bits per heavy atom. The van der Waals surface area contributed by atoms with E-state index in [2.05, 4.69) is 25.2 Å². The zero-order chi connectivity index (χ0) is 30.7. The van der Waals surface area contributed by atoms with Crippen LogP contribution in [0.1, 0.15) is 49.3 Å². The molecule has 2 heterocycles. The molecule has 228 valence electrons. The van der Waals surface area contributed by atoms with Gasteiger partial charge < -0.3 is 23.8 Å². The van der Waals surface area contributed by atoms with Crippen LogP contribution in [0, 0.1) is 0 Å². The number of carbonyl (C=O) groups excluding carboxylic acids is 2. The molecule has 7 heteroatoms. The Labute approximate surface area is 258 Å². The van der Waals surface area contributed by atoms with E-state index in [9.17, 15) is 14.7 Å². The summed E-state index contributed by atoms with van der Waals surface area (Å²) in [6.45, 7) is 2.89. The van der Waals surface area contributed by atoms with Crippen molar-refractivity contribution in [2.24, 2.45) is 0 Å². The number of nitrogens with zero attached hydrogens (tertiary/aromatic N) is 1. The number of hydrogen-bond donors (Lipinski definition) is 1. The molecule has 44 heavy (non-hydrogen) atoms. The van der Waals surface area contributed by atoms with Crippen LogP contribution in [0.2, 0.25) is 0 Å². The second-order valence-electron chi connectivity index (χ2n) is 12.3. The third kappa shape index (κ3) is 5.82. The molecule has 0 radical (unpaired) electrons. The van der Waals surface area contributed by atoms with E-state index in [0.29, 0.717) is 35.6 Å². The van der Waals surface area contributed by atoms with Crippen molar-refractivity contribution in [3.05, 3.63) is 114 Å². The van der Waals surface area contributed by atoms with E-state index >= 15 is 0 Å². The first-order valence-corrected chi connectivity index (χ1v) is 15.5. The number of aliphatic hydroxyl groups is 1. The summed E-state index contributed by atoms with van der Waals surface area (Å²) in [5.41, 5.74) is 0.399. The molecular weight excluding hydrogens is 554 g/mol. The number of hydrogen-bond acceptors (Lipinski definition) is 6. The van der Waals surface area contributed by atoms with Crippen molar-refractivity contribution < 1.29 is 33.4 Å². The molecule has 0 amide bonds. The van der Waals surface area contributed by atoms with Crippen LogP contribution in [-0.4, -0.2) is 60.0 Å². The Morgan fingerprint density at radius 1 is 0.841 bits per heavy atom. The number of piperidine rings is 1. The monoisotopic (exact) mass is 594 g/mol. The summed E-state index contributed by atoms with van der Waals surface area (Å²) >= 11 is 0. The van der Waals surface area contributed by atoms with E-state index in [1.807, 2.05) is 54.6 Å². The normalized spacial score (nSPS) is 22.8. The number of benzene rings is 4. The molecule has 6 rings (SSSR count). The van der Waals surface area contributed by atoms with Crippen LogP contribution in [0.3, 0.4) is 0 Å². The highest BCUT2D eigenvalue weighted by Gasteiger charge is 2.53. The average Bonchev–Trinajstić information content (AvgIpc) is 3.18. The molecule has 2 fully saturated rings. The van der Waals surface area contributed by atoms with Crippen molar-refractivity contribution in [1.29, 1.82) is 0 Å². The SMILES string of the molecule is CCOC(=O)COc1ccc2cc(C[N+]3(C)[C@@H]4CC[C@H]3CC(OC(=O)C(O)(c3ccccc3)c3ccccc3)C4)ccc2c1. The quantitative estimate of drug-likeness (QED) is 0.182. The molecule has 1 N–H and O–H groups in total. The number of fused-ring (bicyclic) bond motifs is 3. The maximum Gasteiger partial charge on any atom is 0.347 e. The van der Waals surface area contributed by atoms with Crippen LogP contribution in [-0.2, 0) is 31.2 Å². The Hall–Kier alpha value is -4.20. The lowest BCUT2D eigenvalue weighted by Gasteiger charge is -2.47. The Morgan fingerprint density at radius 3 is 2.05 bits per heavy atom. The van der Waals surface area contributed by atoms with E-state index in [4.69, 9.17) is 14.2 Å². The minimum atomic E-state index is -1.87. The molecule has 2 saturated heterocycles. The lowest BCUT2D eigenvalue weighted by Crippen LogP contribution is -2.58. The zero-order valence-electron chi connectivity index (χ0n) is 25.4. The molecule has 2 aliphatic heterocycles. The summed E-state index contributed by atoms with van der Waals surface area (Å²) in [7, 11) is 2.33. The predicted octanol–water partition coefficient (Wildman–Crippen LogP) is 5.90. The minimum absolute atomic E-state index is 0.107. The van der Waals surface area contributed by atoms with Gasteiger partial charge in [0.15, 0.2) is 6.61 Å². The van der Waals surface area contributed by atoms with Crippen LogP contribution in [0.25, 0.3) is 10.8 Å². The number of rotatable bonds is 10. The van der Waals surface area contributed by atoms with Gasteiger partial charge in [-0.2, -0.15) is 0 Å². The van der Waals surface area contributed by atoms with Gasteiger partial charge in [0.2, 0.25) is 5.60 Å². The summed E-state index contributed by atoms with van der Waals surface area (Å²) in [4.78, 5) is 25.4. The van der Waals surface area contributed by atoms with Crippen molar-refractivity contribution in [2.75, 3.05) is 20.3 Å². The fraction of sp³-hybridized carbons (Fsp3) is 0.351. The molecule has 2 bridgehead atoms. The third-order valence-electron chi connectivity index (χ3n) is 9.59. The summed E-state index contributed by atoms with van der Waals surface area (Å²) in [5, 5.41) is 14.0. The van der Waals surface area contributed by atoms with Gasteiger partial charge in [0.25, 0.3) is 0 Å². The highest BCUT2D eigenvalue weighted by molar-refractivity contribution is 5.86.